The second kappa shape index (κ2) is 57.7. The molecule has 0 saturated carbocycles. The summed E-state index contributed by atoms with van der Waals surface area (Å²) in [6, 6.07) is -14.5. The van der Waals surface area contributed by atoms with Crippen LogP contribution >= 0.6 is 0 Å². The number of methoxy groups -OCH3 is 1. The number of hydrogen-bond acceptors (Lipinski definition) is 33. The number of unbranched alkanes of at least 4 members (excludes halogenated alkanes) is 1. The molecule has 5 aliphatic heterocycles. The Balaban J connectivity index is 0.000000522. The molecule has 22 atom stereocenters. The number of allylic oxidation sites excluding steroid dienone is 2. The average molecular weight is 1990 g/mol. The summed E-state index contributed by atoms with van der Waals surface area (Å²) < 4.78 is 23.6. The van der Waals surface area contributed by atoms with Crippen molar-refractivity contribution in [3.8, 4) is 23.0 Å². The van der Waals surface area contributed by atoms with E-state index in [1.807, 2.05) is 7.05 Å². The second-order valence-electron chi connectivity index (χ2n) is 38.1. The lowest BCUT2D eigenvalue weighted by molar-refractivity contribution is -0.160. The van der Waals surface area contributed by atoms with Crippen molar-refractivity contribution in [1.82, 2.24) is 68.4 Å². The Hall–Kier alpha value is -11.3. The van der Waals surface area contributed by atoms with Crippen LogP contribution in [-0.2, 0) is 76.5 Å². The van der Waals surface area contributed by atoms with E-state index in [4.69, 9.17) is 47.6 Å². The number of ether oxygens (including phenoxy) is 4. The van der Waals surface area contributed by atoms with Gasteiger partial charge < -0.3 is 152 Å². The van der Waals surface area contributed by atoms with E-state index >= 15 is 0 Å². The molecule has 1 unspecified atom stereocenters. The number of hydrazone groups is 1. The van der Waals surface area contributed by atoms with Crippen molar-refractivity contribution < 1.29 is 122 Å². The summed E-state index contributed by atoms with van der Waals surface area (Å²) in [4.78, 5) is 195. The van der Waals surface area contributed by atoms with E-state index in [1.54, 1.807) is 72.6 Å². The Morgan fingerprint density at radius 1 is 0.631 bits per heavy atom. The van der Waals surface area contributed by atoms with Crippen LogP contribution in [-0.4, -0.2) is 317 Å². The third kappa shape index (κ3) is 34.8. The number of aliphatic hydroxyl groups excluding tert-OH is 4. The highest BCUT2D eigenvalue weighted by molar-refractivity contribution is 6.24. The van der Waals surface area contributed by atoms with Crippen LogP contribution in [0, 0.1) is 48.3 Å². The van der Waals surface area contributed by atoms with Gasteiger partial charge in [0.15, 0.2) is 5.75 Å². The Morgan fingerprint density at radius 2 is 1.16 bits per heavy atom. The Bertz CT molecular complexity index is 4720. The number of carbonyl (C=O) groups is 14. The van der Waals surface area contributed by atoms with Crippen LogP contribution in [0.15, 0.2) is 41.2 Å². The Kier molecular flexibility index (Phi) is 49.2. The fraction of sp³-hybridized carbons (Fsp3) is 0.677. The van der Waals surface area contributed by atoms with Gasteiger partial charge in [0.2, 0.25) is 65.0 Å². The maximum absolute atomic E-state index is 14.4. The molecule has 45 heteroatoms. The molecule has 2 aromatic carbocycles. The van der Waals surface area contributed by atoms with Gasteiger partial charge in [-0.05, 0) is 149 Å². The van der Waals surface area contributed by atoms with Gasteiger partial charge in [0, 0.05) is 100 Å². The van der Waals surface area contributed by atoms with Gasteiger partial charge in [-0.15, -0.1) is 0 Å². The van der Waals surface area contributed by atoms with Gasteiger partial charge in [-0.1, -0.05) is 107 Å². The normalized spacial score (nSPS) is 27.0. The van der Waals surface area contributed by atoms with Crippen LogP contribution in [0.3, 0.4) is 0 Å². The van der Waals surface area contributed by atoms with Crippen LogP contribution in [0.4, 0.5) is 5.69 Å². The first-order chi connectivity index (χ1) is 66.4. The third-order valence-corrected chi connectivity index (χ3v) is 25.5. The fourth-order valence-corrected chi connectivity index (χ4v) is 16.7. The fourth-order valence-electron chi connectivity index (χ4n) is 16.7. The van der Waals surface area contributed by atoms with E-state index < -0.39 is 239 Å². The van der Waals surface area contributed by atoms with Gasteiger partial charge in [0.25, 0.3) is 11.7 Å². The van der Waals surface area contributed by atoms with Gasteiger partial charge in [0.1, 0.15) is 83.8 Å². The molecule has 5 aliphatic rings. The molecule has 12 amide bonds. The highest BCUT2D eigenvalue weighted by Gasteiger charge is 2.51. The predicted octanol–water partition coefficient (Wildman–Crippen LogP) is -1.11. The molecule has 45 nitrogen and oxygen atoms in total. The number of amides is 12. The number of esters is 1. The first kappa shape index (κ1) is 120. The lowest BCUT2D eigenvalue weighted by Gasteiger charge is -2.38. The molecule has 2 aromatic rings. The molecule has 5 bridgehead atoms. The monoisotopic (exact) mass is 1990 g/mol. The number of phenols is 3. The summed E-state index contributed by atoms with van der Waals surface area (Å²) in [6.45, 7) is 27.7. The summed E-state index contributed by atoms with van der Waals surface area (Å²) in [5.74, 6) is -17.8. The Morgan fingerprint density at radius 3 is 1.67 bits per heavy atom. The van der Waals surface area contributed by atoms with Gasteiger partial charge in [-0.25, -0.2) is 0 Å². The summed E-state index contributed by atoms with van der Waals surface area (Å²) in [5, 5.41) is 116. The van der Waals surface area contributed by atoms with Crippen molar-refractivity contribution in [3.05, 3.63) is 52.8 Å². The molecule has 792 valence electrons. The van der Waals surface area contributed by atoms with Crippen LogP contribution in [0.5, 0.6) is 23.0 Å². The number of aromatic hydroxyl groups is 3. The smallest absolute Gasteiger partial charge is 0.312 e. The van der Waals surface area contributed by atoms with E-state index in [1.165, 1.54) is 73.3 Å². The van der Waals surface area contributed by atoms with Crippen LogP contribution in [0.25, 0.3) is 10.8 Å². The number of nitrogens with zero attached hydrogens (tertiary/aromatic N) is 3. The lowest BCUT2D eigenvalue weighted by Crippen LogP contribution is -2.62. The molecular formula is C96H158N20O25. The minimum atomic E-state index is -2.04. The number of aliphatic hydroxyl groups is 4. The summed E-state index contributed by atoms with van der Waals surface area (Å²) in [6.07, 6.45) is 4.10. The molecular weight excluding hydrogens is 1830 g/mol. The van der Waals surface area contributed by atoms with Crippen LogP contribution in [0.2, 0.25) is 0 Å². The maximum Gasteiger partial charge on any atom is 0.312 e. The zero-order valence-electron chi connectivity index (χ0n) is 84.7. The predicted molar refractivity (Wildman–Crippen MR) is 526 cm³/mol. The number of ketones is 1. The lowest BCUT2D eigenvalue weighted by atomic mass is 9.78. The number of piperazine rings is 1. The molecule has 0 aliphatic carbocycles. The Labute approximate surface area is 824 Å². The van der Waals surface area contributed by atoms with Crippen LogP contribution in [0.1, 0.15) is 209 Å². The number of carbonyl (C=O) groups excluding carboxylic acids is 14. The zero-order valence-corrected chi connectivity index (χ0v) is 84.7. The average Bonchev–Trinajstić information content (AvgIpc) is 1.58. The molecule has 0 aromatic heterocycles. The van der Waals surface area contributed by atoms with E-state index in [0.29, 0.717) is 25.4 Å². The maximum atomic E-state index is 14.4. The quantitative estimate of drug-likeness (QED) is 0.0132. The van der Waals surface area contributed by atoms with Gasteiger partial charge in [-0.2, -0.15) is 5.10 Å². The minimum absolute atomic E-state index is 0.0131. The summed E-state index contributed by atoms with van der Waals surface area (Å²) >= 11 is 0. The standard InChI is InChI=1S/C53H100N16O13.C43H58N4O12/c1-9-30(6)12-10-11-13-41(72)60-33(14-20-54)48(77)69-43(32(8)71)53(82)65-36(17-23-57)45(74)64-38-19-25-59-52(81)42(31(7)70)68-49(78)37(18-24-58)62-44(73)34(15-21-55)63-50(79)39(26-28(2)3)67-51(80)40(27-29(4)5)66-46(75)35(16-22-56)61-47(38)76;1-21-12-11-13-22(2)42(55)45-33-28(20-44-47-17-15-46(9)16-18-47)37(52)30-31(38(33)53)36(51)26(6)40-32(30)41(54)43(8,59-40)57-19-14-29(56-10)23(3)39(58-27(7)48)25(5)35(50)24(4)34(21)49/h28-40,42-43,70-71H,9-27,54-58H2,1-8H3,(H,59,81)(H,60,72)(H,61,76)(H,62,73)(H,63,79)(H,64,74)(H,65,82)(H,66,75)(H,67,80)(H,68,78)(H,69,77);11-14,19-21,23-25,29,34-35,39,49-53H,15-18H2,1-10H3,(H,45,55)/b;12-11+,19-14+,22-13-,44-20-/t30?,31-,32-,33+,34+,35+,36+,37+,38+,39+,40-,42+,43+;21-,23+,24+,25+,29-,34-,35+,39+,43-/m10/s1. The van der Waals surface area contributed by atoms with E-state index in [9.17, 15) is 103 Å². The molecule has 0 spiro atoms. The number of benzene rings is 2. The SMILES string of the molecule is CCC(C)CCCCC(=O)N[C@@H](CCN)C(=O)N[C@H](C(=O)N[C@@H](CCN)C(=O)N[C@H]1CCNC(=O)[C@H]([C@@H](C)O)NC(=O)[C@H](CCN)NC(=O)[C@H](CCN)NC(=O)[C@H](CC(C)C)NC(=O)[C@@H](CC(C)C)NC(=O)[C@H](CCN)NC1=O)[C@@H](C)O.CO[C@H]1/C=C/O[C@@]2(C)Oc3c(C)c(O)c4c(O)c(c(/C=N\N5CCN(C)CC5)c(O)c4c3C2=O)NC(=O)/C(C)=C\C=C\[C@H](C)[C@H](O)[C@@H](C)[C@@H](O)[C@@H](C)[C@H](OC(C)=O)[C@@H]1C. The second-order valence-corrected chi connectivity index (χ2v) is 38.1. The van der Waals surface area contributed by atoms with Crippen molar-refractivity contribution in [3.63, 3.8) is 0 Å². The molecule has 141 heavy (non-hydrogen) atoms. The number of likely N-dealkylation sites (N-methyl/N-ethyl adjacent to an activating group) is 1. The summed E-state index contributed by atoms with van der Waals surface area (Å²) in [7, 11) is 3.42. The molecule has 0 radical (unpaired) electrons. The largest absolute Gasteiger partial charge is 0.507 e. The first-order valence-corrected chi connectivity index (χ1v) is 48.6. The summed E-state index contributed by atoms with van der Waals surface area (Å²) in [5.41, 5.74) is 28.9. The number of hydrogen-bond donors (Lipinski definition) is 24. The molecule has 2 fully saturated rings. The highest BCUT2D eigenvalue weighted by atomic mass is 16.7. The third-order valence-electron chi connectivity index (χ3n) is 25.5. The number of fused-ring (bicyclic) bond motifs is 14. The van der Waals surface area contributed by atoms with Crippen molar-refractivity contribution in [2.75, 3.05) is 84.9 Å². The molecule has 2 saturated heterocycles. The van der Waals surface area contributed by atoms with Crippen molar-refractivity contribution >= 4 is 105 Å². The number of phenolic OH excluding ortho intramolecular Hbond substituents is 3. The number of rotatable bonds is 33. The number of Topliss-reactive ketones (excluding diaryl/α,β-unsaturated/α-hetero) is 1. The number of anilines is 1. The topological polar surface area (TPSA) is 711 Å². The number of nitrogens with one attached hydrogen (secondary N) is 12. The minimum Gasteiger partial charge on any atom is -0.507 e. The molecule has 5 heterocycles. The van der Waals surface area contributed by atoms with E-state index in [0.717, 1.165) is 32.4 Å². The zero-order chi connectivity index (χ0) is 106. The van der Waals surface area contributed by atoms with E-state index in [2.05, 4.69) is 87.7 Å². The number of nitrogens with two attached hydrogens (primary N) is 5. The van der Waals surface area contributed by atoms with Crippen molar-refractivity contribution in [2.45, 2.75) is 297 Å². The first-order valence-electron chi connectivity index (χ1n) is 48.6. The van der Waals surface area contributed by atoms with Crippen molar-refractivity contribution in [1.29, 1.82) is 0 Å². The van der Waals surface area contributed by atoms with Crippen LogP contribution < -0.4 is 97.2 Å². The van der Waals surface area contributed by atoms with Gasteiger partial charge in [0.05, 0.1) is 65.2 Å². The highest BCUT2D eigenvalue weighted by Crippen LogP contribution is 2.55. The molecule has 7 rings (SSSR count). The van der Waals surface area contributed by atoms with Crippen molar-refractivity contribution in [2.24, 2.45) is 75.2 Å². The van der Waals surface area contributed by atoms with E-state index in [-0.39, 0.29) is 140 Å². The van der Waals surface area contributed by atoms with Gasteiger partial charge >= 0.3 is 11.8 Å². The molecule has 29 N–H and O–H groups in total. The van der Waals surface area contributed by atoms with Gasteiger partial charge in [-0.3, -0.25) is 72.1 Å².